The monoisotopic (exact) mass is 2370 g/mol. The number of nitrogens with zero attached hydrogens (tertiary/aromatic N) is 11. The number of rotatable bonds is 18. The van der Waals surface area contributed by atoms with E-state index in [0.717, 1.165) is 81.0 Å². The molecule has 40 heteroatoms. The Morgan fingerprint density at radius 2 is 0.818 bits per heavy atom. The van der Waals surface area contributed by atoms with Crippen LogP contribution in [0.5, 0.6) is 0 Å². The highest BCUT2D eigenvalue weighted by Gasteiger charge is 2.24. The van der Waals surface area contributed by atoms with E-state index in [0.29, 0.717) is 102 Å². The number of carbonyl (C=O) groups excluding carboxylic acids is 1. The van der Waals surface area contributed by atoms with Crippen LogP contribution in [0.3, 0.4) is 0 Å². The van der Waals surface area contributed by atoms with Gasteiger partial charge in [0.25, 0.3) is 0 Å². The van der Waals surface area contributed by atoms with Gasteiger partial charge in [-0.15, -0.1) is 0 Å². The van der Waals surface area contributed by atoms with Crippen LogP contribution in [-0.2, 0) is 75.8 Å². The third-order valence-electron chi connectivity index (χ3n) is 19.8. The lowest BCUT2D eigenvalue weighted by Crippen LogP contribution is -2.29. The van der Waals surface area contributed by atoms with Gasteiger partial charge in [-0.25, -0.2) is 49.7 Å². The lowest BCUT2D eigenvalue weighted by atomic mass is 9.81. The Balaban J connectivity index is 0.000000249. The highest BCUT2D eigenvalue weighted by Crippen LogP contribution is 2.29. The minimum atomic E-state index is -1.39. The van der Waals surface area contributed by atoms with Gasteiger partial charge in [-0.3, -0.25) is 52.1 Å². The van der Waals surface area contributed by atoms with Gasteiger partial charge >= 0.3 is 14.2 Å². The molecule has 0 aliphatic carbocycles. The number of imidazole rings is 2. The molecule has 0 spiro atoms. The van der Waals surface area contributed by atoms with Crippen LogP contribution in [0.2, 0.25) is 5.15 Å². The van der Waals surface area contributed by atoms with Crippen molar-refractivity contribution < 1.29 is 68.1 Å². The molecule has 22 nitrogen and oxygen atoms in total. The summed E-state index contributed by atoms with van der Waals surface area (Å²) in [6, 6.07) is 51.1. The molecule has 8 aromatic heterocycles. The number of hydrogen-bond donors (Lipinski definition) is 6. The van der Waals surface area contributed by atoms with E-state index in [2.05, 4.69) is 124 Å². The van der Waals surface area contributed by atoms with Gasteiger partial charge in [0.15, 0.2) is 22.7 Å². The third-order valence-corrected chi connectivity index (χ3v) is 29.1. The van der Waals surface area contributed by atoms with E-state index in [1.54, 1.807) is 160 Å². The van der Waals surface area contributed by atoms with Crippen molar-refractivity contribution in [3.05, 3.63) is 375 Å². The Morgan fingerprint density at radius 3 is 1.22 bits per heavy atom. The van der Waals surface area contributed by atoms with Crippen LogP contribution in [0.4, 0.5) is 26.3 Å². The summed E-state index contributed by atoms with van der Waals surface area (Å²) in [6.07, 6.45) is 22.9. The minimum absolute atomic E-state index is 0.0863. The van der Waals surface area contributed by atoms with Crippen LogP contribution in [0.15, 0.2) is 277 Å². The van der Waals surface area contributed by atoms with Crippen molar-refractivity contribution >= 4 is 184 Å². The van der Waals surface area contributed by atoms with Crippen molar-refractivity contribution in [1.29, 1.82) is 0 Å². The molecule has 7 aromatic carbocycles. The van der Waals surface area contributed by atoms with Gasteiger partial charge in [0.05, 0.1) is 44.1 Å². The molecule has 0 aliphatic heterocycles. The fourth-order valence-electron chi connectivity index (χ4n) is 11.7. The Bertz CT molecular complexity index is 6830. The number of pyridine rings is 4. The maximum absolute atomic E-state index is 14.6. The molecule has 0 amide bonds. The summed E-state index contributed by atoms with van der Waals surface area (Å²) in [6.45, 7) is 30.4. The number of hydrogen-bond acceptors (Lipinski definition) is 18. The van der Waals surface area contributed by atoms with Crippen molar-refractivity contribution in [2.75, 3.05) is 11.5 Å². The van der Waals surface area contributed by atoms with Crippen LogP contribution < -0.4 is 21.8 Å². The highest BCUT2D eigenvalue weighted by molar-refractivity contribution is 9.11. The first-order chi connectivity index (χ1) is 67.2. The van der Waals surface area contributed by atoms with Gasteiger partial charge in [-0.05, 0) is 339 Å². The van der Waals surface area contributed by atoms with Gasteiger partial charge in [-0.2, -0.15) is 4.40 Å². The Kier molecular flexibility index (Phi) is 50.7. The highest BCUT2D eigenvalue weighted by atomic mass is 79.9. The topological polar surface area (TPSA) is 343 Å². The largest absolute Gasteiger partial charge is 0.488 e. The fourth-order valence-corrected chi connectivity index (χ4v) is 16.2. The quantitative estimate of drug-likeness (QED) is 0.0201. The molecule has 0 saturated heterocycles. The average molecular weight is 2380 g/mol. The molecule has 0 bridgehead atoms. The summed E-state index contributed by atoms with van der Waals surface area (Å²) in [5, 5.41) is 40.0. The third kappa shape index (κ3) is 42.5. The first-order valence-electron chi connectivity index (χ1n) is 44.0. The number of benzene rings is 7. The van der Waals surface area contributed by atoms with Gasteiger partial charge in [0.1, 0.15) is 55.1 Å². The molecule has 0 aliphatic rings. The smallest absolute Gasteiger partial charge is 0.423 e. The standard InChI is InChI=1S/C20H16BrFN4.C18H22FNOS.C13H13FN2.C12H16BrFOS.C11H13BrFNOS.C7H4BrFO.C6H8BNO2.C6H7BO2.C6H3BrClN3.C4H11NOS/c1-13-8-16(11-23-10-13)15-3-2-14(17(22)9-15)4-5-18-20-25-12-19(21)26(20)7-6-24-18;1-13-11-16(7-9-20-13)15-6-5-14(17(19)12-15)8-10-22(21)18(2,3)4;1-9-6-11(4-5-16-9)10-2-3-12(8-15)13(14)7-10;1-12(2,3)16(15)7-6-9-4-5-10(13)8-11(9)14;1-11(2,3)16(15)14-7-8-4-5-9(12)6-10(8)13;8-6-2-1-5(4-10)7(9)3-6;1-5-4-6(7(9)10)2-3-8-5;8-7(9)6-4-2-1-3-5-6;7-4-3-10-6-5(8)9-1-2-11(4)6;1-4(2,3)7(5)6/h2-3,6-12H,4-5H2,1H3;5-7,9,11-12H,8,10H2,1-4H3;2-7H,8,15H2,1H3;4-5,8H,6-7H2,1-3H3;4-7H,1-3H3;1-4H;2-4,9-10H,1H3;1-5,8-9H;1-3H;5H2,1-3H3. The second-order valence-electron chi connectivity index (χ2n) is 35.3. The van der Waals surface area contributed by atoms with E-state index in [9.17, 15) is 48.0 Å². The van der Waals surface area contributed by atoms with Crippen molar-refractivity contribution in [1.82, 2.24) is 48.7 Å². The second kappa shape index (κ2) is 59.3. The van der Waals surface area contributed by atoms with Crippen LogP contribution >= 0.6 is 91.3 Å². The summed E-state index contributed by atoms with van der Waals surface area (Å²) >= 11 is 22.0. The zero-order chi connectivity index (χ0) is 106. The maximum Gasteiger partial charge on any atom is 0.488 e. The van der Waals surface area contributed by atoms with E-state index < -0.39 is 68.4 Å². The van der Waals surface area contributed by atoms with E-state index in [4.69, 9.17) is 42.6 Å². The predicted octanol–water partition coefficient (Wildman–Crippen LogP) is 22.3. The Morgan fingerprint density at radius 1 is 0.413 bits per heavy atom. The number of aromatic nitrogens is 10. The lowest BCUT2D eigenvalue weighted by Gasteiger charge is -2.17. The first kappa shape index (κ1) is 122. The molecular formula is C103H113B2Br5ClF6N13O9S4. The summed E-state index contributed by atoms with van der Waals surface area (Å²) in [5.41, 5.74) is 20.6. The van der Waals surface area contributed by atoms with Gasteiger partial charge in [-0.1, -0.05) is 132 Å². The maximum atomic E-state index is 14.6. The summed E-state index contributed by atoms with van der Waals surface area (Å²) < 4.78 is 138. The zero-order valence-corrected chi connectivity index (χ0v) is 93.5. The van der Waals surface area contributed by atoms with Gasteiger partial charge in [0, 0.05) is 158 Å². The molecule has 4 unspecified atom stereocenters. The molecular weight excluding hydrogens is 2260 g/mol. The molecule has 15 aromatic rings. The SMILES string of the molecule is CC(C)(C)S(=O)CCc1ccc(Br)cc1F.CC(C)(C)S(=O)N=Cc1ccc(Br)cc1F.CC(C)(C)S(N)=O.Cc1cc(-c2ccc(CCS(=O)C(C)(C)C)c(F)c2)ccn1.Cc1cc(-c2ccc(CN)c(F)c2)ccn1.Cc1cc(B(O)O)ccn1.Cc1cncc(-c2ccc(CCc3nccn4c(Br)cnc34)c(F)c2)c1.Clc1nccn2c(Br)cnc12.O=Cc1ccc(Br)cc1F.OB(O)c1ccccc1. The van der Waals surface area contributed by atoms with Crippen molar-refractivity contribution in [3.63, 3.8) is 0 Å². The lowest BCUT2D eigenvalue weighted by molar-refractivity contribution is 0.111. The number of halogens is 12. The van der Waals surface area contributed by atoms with Gasteiger partial charge < -0.3 is 25.8 Å². The predicted molar refractivity (Wildman–Crippen MR) is 588 cm³/mol. The zero-order valence-electron chi connectivity index (χ0n) is 81.5. The molecule has 0 saturated carbocycles. The molecule has 0 radical (unpaired) electrons. The molecule has 758 valence electrons. The number of nitrogens with two attached hydrogens (primary N) is 2. The summed E-state index contributed by atoms with van der Waals surface area (Å²) in [4.78, 5) is 43.1. The number of aldehydes is 1. The minimum Gasteiger partial charge on any atom is -0.423 e. The fraction of sp³-hybridized carbons (Fsp3) is 0.262. The molecule has 8 heterocycles. The molecule has 15 rings (SSSR count). The normalized spacial score (nSPS) is 11.9. The second-order valence-corrected chi connectivity index (χ2v) is 48.4. The van der Waals surface area contributed by atoms with Crippen LogP contribution in [-0.4, -0.2) is 143 Å². The Labute approximate surface area is 889 Å². The Hall–Kier alpha value is -9.52. The number of carbonyl (C=O) groups is 1. The summed E-state index contributed by atoms with van der Waals surface area (Å²) in [7, 11) is -7.17. The van der Waals surface area contributed by atoms with Crippen molar-refractivity contribution in [2.45, 2.75) is 162 Å². The molecule has 0 fully saturated rings. The van der Waals surface area contributed by atoms with Crippen molar-refractivity contribution in [2.24, 2.45) is 15.3 Å². The summed E-state index contributed by atoms with van der Waals surface area (Å²) in [5.74, 6) is -0.836. The number of fused-ring (bicyclic) bond motifs is 2. The van der Waals surface area contributed by atoms with Gasteiger partial charge in [0.2, 0.25) is 0 Å². The van der Waals surface area contributed by atoms with Crippen LogP contribution in [0, 0.1) is 62.6 Å². The molecule has 143 heavy (non-hydrogen) atoms. The average Bonchev–Trinajstić information content (AvgIpc) is 1.68. The molecule has 4 atom stereocenters. The number of aryl methyl sites for hydroxylation is 8. The molecule has 8 N–H and O–H groups in total. The van der Waals surface area contributed by atoms with Crippen LogP contribution in [0.1, 0.15) is 150 Å². The van der Waals surface area contributed by atoms with E-state index in [1.807, 2.05) is 180 Å². The van der Waals surface area contributed by atoms with Crippen LogP contribution in [0.25, 0.3) is 44.7 Å². The first-order valence-corrected chi connectivity index (χ1v) is 53.3. The van der Waals surface area contributed by atoms with E-state index in [1.165, 1.54) is 36.5 Å². The van der Waals surface area contributed by atoms with Crippen molar-refractivity contribution in [3.8, 4) is 33.4 Å². The van der Waals surface area contributed by atoms with E-state index >= 15 is 0 Å². The van der Waals surface area contributed by atoms with E-state index in [-0.39, 0.29) is 55.4 Å².